The lowest BCUT2D eigenvalue weighted by Gasteiger charge is -2.26. The van der Waals surface area contributed by atoms with Crippen molar-refractivity contribution in [2.24, 2.45) is 0 Å². The van der Waals surface area contributed by atoms with E-state index in [0.29, 0.717) is 0 Å². The van der Waals surface area contributed by atoms with Gasteiger partial charge >= 0.3 is 7.12 Å². The Morgan fingerprint density at radius 3 is 1.31 bits per heavy atom. The van der Waals surface area contributed by atoms with Crippen LogP contribution in [0.15, 0.2) is 133 Å². The van der Waals surface area contributed by atoms with Crippen LogP contribution in [-0.2, 0) is 9.31 Å². The fourth-order valence-corrected chi connectivity index (χ4v) is 4.99. The molecule has 192 valence electrons. The average Bonchev–Trinajstić information content (AvgIpc) is 3.27. The van der Waals surface area contributed by atoms with Crippen LogP contribution in [0.2, 0.25) is 0 Å². The number of hydrogen-bond donors (Lipinski definition) is 0. The second-order valence-corrected chi connectivity index (χ2v) is 10.6. The molecule has 0 bridgehead atoms. The quantitative estimate of drug-likeness (QED) is 0.215. The first-order valence-electron chi connectivity index (χ1n) is 13.5. The first-order valence-corrected chi connectivity index (χ1v) is 13.5. The Bertz CT molecular complexity index is 1430. The molecule has 3 nitrogen and oxygen atoms in total. The van der Waals surface area contributed by atoms with E-state index in [1.54, 1.807) is 0 Å². The number of anilines is 3. The van der Waals surface area contributed by atoms with Gasteiger partial charge in [-0.15, -0.1) is 0 Å². The van der Waals surface area contributed by atoms with E-state index in [0.717, 1.165) is 22.5 Å². The van der Waals surface area contributed by atoms with Crippen molar-refractivity contribution in [3.05, 3.63) is 133 Å². The van der Waals surface area contributed by atoms with Crippen LogP contribution in [0.4, 0.5) is 17.1 Å². The molecule has 0 saturated carbocycles. The highest BCUT2D eigenvalue weighted by atomic mass is 16.7. The van der Waals surface area contributed by atoms with Gasteiger partial charge in [0.05, 0.1) is 11.7 Å². The molecule has 1 atom stereocenters. The summed E-state index contributed by atoms with van der Waals surface area (Å²) in [7, 11) is -0.354. The molecule has 1 aliphatic rings. The molecule has 1 heterocycles. The van der Waals surface area contributed by atoms with E-state index >= 15 is 0 Å². The van der Waals surface area contributed by atoms with E-state index in [1.807, 2.05) is 12.1 Å². The van der Waals surface area contributed by atoms with Crippen molar-refractivity contribution < 1.29 is 9.31 Å². The minimum absolute atomic E-state index is 0.0323. The Labute approximate surface area is 231 Å². The van der Waals surface area contributed by atoms with E-state index in [2.05, 4.69) is 147 Å². The maximum atomic E-state index is 6.19. The summed E-state index contributed by atoms with van der Waals surface area (Å²) < 4.78 is 12.3. The SMILES string of the molecule is CC1OB(c2ccc(N(c3ccc(-c4ccccc4)cc3)c3ccc(-c4ccccc4)cc3)cc2)OC1(C)C. The molecule has 0 aliphatic carbocycles. The first-order chi connectivity index (χ1) is 19.0. The topological polar surface area (TPSA) is 21.7 Å². The third-order valence-electron chi connectivity index (χ3n) is 7.61. The Morgan fingerprint density at radius 1 is 0.538 bits per heavy atom. The third-order valence-corrected chi connectivity index (χ3v) is 7.61. The van der Waals surface area contributed by atoms with Crippen LogP contribution in [0.3, 0.4) is 0 Å². The molecule has 0 amide bonds. The normalized spacial score (nSPS) is 16.3. The molecule has 5 aromatic rings. The van der Waals surface area contributed by atoms with Gasteiger partial charge in [0.15, 0.2) is 0 Å². The molecule has 5 aromatic carbocycles. The standard InChI is InChI=1S/C35H32BNO2/c1-26-35(2,3)39-36(38-26)31-18-24-34(25-19-31)37(32-20-14-29(15-21-32)27-10-6-4-7-11-27)33-22-16-30(17-23-33)28-12-8-5-9-13-28/h4-26H,1-3H3. The molecule has 0 radical (unpaired) electrons. The number of benzene rings is 5. The molecule has 1 fully saturated rings. The van der Waals surface area contributed by atoms with Gasteiger partial charge in [-0.1, -0.05) is 97.1 Å². The molecule has 6 rings (SSSR count). The van der Waals surface area contributed by atoms with Crippen molar-refractivity contribution in [2.45, 2.75) is 32.5 Å². The molecule has 4 heteroatoms. The van der Waals surface area contributed by atoms with Gasteiger partial charge in [0, 0.05) is 17.1 Å². The predicted molar refractivity (Wildman–Crippen MR) is 163 cm³/mol. The predicted octanol–water partition coefficient (Wildman–Crippen LogP) is 8.40. The number of nitrogens with zero attached hydrogens (tertiary/aromatic N) is 1. The molecular weight excluding hydrogens is 477 g/mol. The molecule has 1 aliphatic heterocycles. The molecule has 0 spiro atoms. The summed E-state index contributed by atoms with van der Waals surface area (Å²) in [5.74, 6) is 0. The van der Waals surface area contributed by atoms with Crippen molar-refractivity contribution in [3.63, 3.8) is 0 Å². The zero-order chi connectivity index (χ0) is 26.8. The molecule has 1 unspecified atom stereocenters. The highest BCUT2D eigenvalue weighted by Gasteiger charge is 2.43. The fraction of sp³-hybridized carbons (Fsp3) is 0.143. The summed E-state index contributed by atoms with van der Waals surface area (Å²) in [6.07, 6.45) is 0.0323. The summed E-state index contributed by atoms with van der Waals surface area (Å²) >= 11 is 0. The van der Waals surface area contributed by atoms with Gasteiger partial charge in [0.1, 0.15) is 0 Å². The van der Waals surface area contributed by atoms with Crippen molar-refractivity contribution in [1.29, 1.82) is 0 Å². The first kappa shape index (κ1) is 25.2. The van der Waals surface area contributed by atoms with Crippen LogP contribution in [0.25, 0.3) is 22.3 Å². The van der Waals surface area contributed by atoms with E-state index in [-0.39, 0.29) is 18.8 Å². The lowest BCUT2D eigenvalue weighted by molar-refractivity contribution is 0.0842. The lowest BCUT2D eigenvalue weighted by Crippen LogP contribution is -2.34. The summed E-state index contributed by atoms with van der Waals surface area (Å²) in [5, 5.41) is 0. The second-order valence-electron chi connectivity index (χ2n) is 10.6. The van der Waals surface area contributed by atoms with E-state index < -0.39 is 0 Å². The fourth-order valence-electron chi connectivity index (χ4n) is 4.99. The van der Waals surface area contributed by atoms with Crippen LogP contribution in [-0.4, -0.2) is 18.8 Å². The zero-order valence-electron chi connectivity index (χ0n) is 22.6. The number of hydrogen-bond acceptors (Lipinski definition) is 3. The van der Waals surface area contributed by atoms with Crippen molar-refractivity contribution in [3.8, 4) is 22.3 Å². The van der Waals surface area contributed by atoms with Gasteiger partial charge in [-0.3, -0.25) is 0 Å². The van der Waals surface area contributed by atoms with Crippen molar-refractivity contribution in [1.82, 2.24) is 0 Å². The summed E-state index contributed by atoms with van der Waals surface area (Å²) in [5.41, 5.74) is 8.79. The summed E-state index contributed by atoms with van der Waals surface area (Å²) in [6, 6.07) is 47.0. The second kappa shape index (κ2) is 10.6. The van der Waals surface area contributed by atoms with Crippen LogP contribution in [0.5, 0.6) is 0 Å². The van der Waals surface area contributed by atoms with Gasteiger partial charge in [-0.25, -0.2) is 0 Å². The van der Waals surface area contributed by atoms with Crippen LogP contribution in [0, 0.1) is 0 Å². The molecule has 39 heavy (non-hydrogen) atoms. The Balaban J connectivity index is 1.35. The highest BCUT2D eigenvalue weighted by Crippen LogP contribution is 2.36. The third kappa shape index (κ3) is 5.27. The van der Waals surface area contributed by atoms with E-state index in [1.165, 1.54) is 22.3 Å². The highest BCUT2D eigenvalue weighted by molar-refractivity contribution is 6.62. The van der Waals surface area contributed by atoms with E-state index in [9.17, 15) is 0 Å². The van der Waals surface area contributed by atoms with Gasteiger partial charge in [0.2, 0.25) is 0 Å². The monoisotopic (exact) mass is 509 g/mol. The minimum atomic E-state index is -0.354. The minimum Gasteiger partial charge on any atom is -0.402 e. The van der Waals surface area contributed by atoms with Gasteiger partial charge < -0.3 is 14.2 Å². The Morgan fingerprint density at radius 2 is 0.923 bits per heavy atom. The zero-order valence-corrected chi connectivity index (χ0v) is 22.6. The smallest absolute Gasteiger partial charge is 0.402 e. The summed E-state index contributed by atoms with van der Waals surface area (Å²) in [6.45, 7) is 6.21. The van der Waals surface area contributed by atoms with Gasteiger partial charge in [-0.2, -0.15) is 0 Å². The molecule has 0 aromatic heterocycles. The van der Waals surface area contributed by atoms with Crippen molar-refractivity contribution in [2.75, 3.05) is 4.90 Å². The van der Waals surface area contributed by atoms with E-state index in [4.69, 9.17) is 9.31 Å². The Kier molecular flexibility index (Phi) is 6.82. The Hall–Kier alpha value is -4.12. The molecular formula is C35H32BNO2. The maximum absolute atomic E-state index is 6.19. The lowest BCUT2D eigenvalue weighted by atomic mass is 9.79. The molecule has 0 N–H and O–H groups in total. The average molecular weight is 509 g/mol. The van der Waals surface area contributed by atoms with Gasteiger partial charge in [-0.05, 0) is 84.9 Å². The summed E-state index contributed by atoms with van der Waals surface area (Å²) in [4.78, 5) is 2.29. The number of rotatable bonds is 6. The van der Waals surface area contributed by atoms with Crippen molar-refractivity contribution >= 4 is 29.6 Å². The maximum Gasteiger partial charge on any atom is 0.494 e. The van der Waals surface area contributed by atoms with Crippen LogP contribution in [0.1, 0.15) is 20.8 Å². The molecule has 1 saturated heterocycles. The largest absolute Gasteiger partial charge is 0.494 e. The van der Waals surface area contributed by atoms with Crippen LogP contribution >= 0.6 is 0 Å². The van der Waals surface area contributed by atoms with Crippen LogP contribution < -0.4 is 10.4 Å². The van der Waals surface area contributed by atoms with Gasteiger partial charge in [0.25, 0.3) is 0 Å².